The van der Waals surface area contributed by atoms with Crippen molar-refractivity contribution in [2.75, 3.05) is 18.4 Å². The third-order valence-corrected chi connectivity index (χ3v) is 6.76. The molecule has 0 fully saturated rings. The lowest BCUT2D eigenvalue weighted by Gasteiger charge is -2.18. The van der Waals surface area contributed by atoms with Gasteiger partial charge in [-0.25, -0.2) is 13.4 Å². The number of rotatable bonds is 6. The highest BCUT2D eigenvalue weighted by molar-refractivity contribution is 7.89. The maximum atomic E-state index is 12.4. The summed E-state index contributed by atoms with van der Waals surface area (Å²) < 4.78 is 26.2. The molecular formula is C16H21N3O3S2. The molecule has 0 atom stereocenters. The number of nitrogens with one attached hydrogen (secondary N) is 1. The molecule has 1 N–H and O–H groups in total. The molecule has 0 bridgehead atoms. The molecule has 0 radical (unpaired) electrons. The summed E-state index contributed by atoms with van der Waals surface area (Å²) in [7, 11) is -3.51. The number of thiazole rings is 1. The lowest BCUT2D eigenvalue weighted by Crippen LogP contribution is -2.30. The Morgan fingerprint density at radius 3 is 2.21 bits per heavy atom. The predicted octanol–water partition coefficient (Wildman–Crippen LogP) is 3.04. The van der Waals surface area contributed by atoms with Crippen LogP contribution in [0.2, 0.25) is 0 Å². The Hall–Kier alpha value is -1.77. The van der Waals surface area contributed by atoms with Crippen molar-refractivity contribution in [2.24, 2.45) is 0 Å². The van der Waals surface area contributed by atoms with Crippen LogP contribution in [0.5, 0.6) is 0 Å². The van der Waals surface area contributed by atoms with Crippen LogP contribution >= 0.6 is 11.3 Å². The van der Waals surface area contributed by atoms with Crippen molar-refractivity contribution in [3.05, 3.63) is 40.4 Å². The lowest BCUT2D eigenvalue weighted by molar-refractivity contribution is 0.102. The van der Waals surface area contributed by atoms with Gasteiger partial charge < -0.3 is 0 Å². The van der Waals surface area contributed by atoms with Gasteiger partial charge in [0.1, 0.15) is 0 Å². The largest absolute Gasteiger partial charge is 0.298 e. The zero-order valence-corrected chi connectivity index (χ0v) is 15.8. The van der Waals surface area contributed by atoms with Gasteiger partial charge in [0.25, 0.3) is 5.91 Å². The van der Waals surface area contributed by atoms with E-state index >= 15 is 0 Å². The van der Waals surface area contributed by atoms with E-state index in [1.54, 1.807) is 13.8 Å². The van der Waals surface area contributed by atoms with Crippen molar-refractivity contribution in [3.63, 3.8) is 0 Å². The van der Waals surface area contributed by atoms with E-state index in [-0.39, 0.29) is 10.8 Å². The molecule has 2 aromatic rings. The third kappa shape index (κ3) is 3.82. The van der Waals surface area contributed by atoms with Crippen LogP contribution < -0.4 is 5.32 Å². The van der Waals surface area contributed by atoms with Crippen molar-refractivity contribution in [1.29, 1.82) is 0 Å². The van der Waals surface area contributed by atoms with Gasteiger partial charge in [0.05, 0.1) is 10.6 Å². The monoisotopic (exact) mass is 367 g/mol. The molecule has 0 spiro atoms. The van der Waals surface area contributed by atoms with Crippen LogP contribution in [0.3, 0.4) is 0 Å². The minimum Gasteiger partial charge on any atom is -0.298 e. The summed E-state index contributed by atoms with van der Waals surface area (Å²) in [6, 6.07) is 5.94. The van der Waals surface area contributed by atoms with Crippen LogP contribution in [0, 0.1) is 13.8 Å². The fourth-order valence-corrected chi connectivity index (χ4v) is 4.45. The quantitative estimate of drug-likeness (QED) is 0.851. The van der Waals surface area contributed by atoms with E-state index in [1.807, 2.05) is 13.8 Å². The fraction of sp³-hybridized carbons (Fsp3) is 0.375. The summed E-state index contributed by atoms with van der Waals surface area (Å²) in [6.07, 6.45) is 0. The number of anilines is 1. The second-order valence-corrected chi connectivity index (χ2v) is 8.37. The van der Waals surface area contributed by atoms with Gasteiger partial charge in [0.15, 0.2) is 5.13 Å². The number of carbonyl (C=O) groups excluding carboxylic acids is 1. The number of aromatic nitrogens is 1. The van der Waals surface area contributed by atoms with Gasteiger partial charge in [-0.1, -0.05) is 13.8 Å². The van der Waals surface area contributed by atoms with E-state index in [4.69, 9.17) is 0 Å². The summed E-state index contributed by atoms with van der Waals surface area (Å²) >= 11 is 1.41. The molecule has 0 saturated heterocycles. The van der Waals surface area contributed by atoms with Gasteiger partial charge in [0.2, 0.25) is 10.0 Å². The number of aryl methyl sites for hydroxylation is 2. The van der Waals surface area contributed by atoms with E-state index in [9.17, 15) is 13.2 Å². The first-order valence-corrected chi connectivity index (χ1v) is 9.90. The molecule has 6 nitrogen and oxygen atoms in total. The summed E-state index contributed by atoms with van der Waals surface area (Å²) in [6.45, 7) is 8.22. The fourth-order valence-electron chi connectivity index (χ4n) is 2.19. The van der Waals surface area contributed by atoms with Crippen LogP contribution in [0.1, 0.15) is 34.8 Å². The lowest BCUT2D eigenvalue weighted by atomic mass is 10.2. The Morgan fingerprint density at radius 1 is 1.17 bits per heavy atom. The van der Waals surface area contributed by atoms with Gasteiger partial charge in [-0.15, -0.1) is 11.3 Å². The van der Waals surface area contributed by atoms with Gasteiger partial charge >= 0.3 is 0 Å². The first-order chi connectivity index (χ1) is 11.3. The van der Waals surface area contributed by atoms with Crippen molar-refractivity contribution in [3.8, 4) is 0 Å². The first kappa shape index (κ1) is 18.6. The zero-order valence-electron chi connectivity index (χ0n) is 14.2. The molecule has 130 valence electrons. The minimum absolute atomic E-state index is 0.184. The van der Waals surface area contributed by atoms with E-state index < -0.39 is 10.0 Å². The Balaban J connectivity index is 2.18. The summed E-state index contributed by atoms with van der Waals surface area (Å²) in [5.41, 5.74) is 1.27. The second-order valence-electron chi connectivity index (χ2n) is 5.23. The van der Waals surface area contributed by atoms with Gasteiger partial charge in [-0.05, 0) is 38.1 Å². The number of sulfonamides is 1. The van der Waals surface area contributed by atoms with Gasteiger partial charge in [0, 0.05) is 23.5 Å². The van der Waals surface area contributed by atoms with Crippen LogP contribution in [0.4, 0.5) is 5.13 Å². The van der Waals surface area contributed by atoms with Crippen LogP contribution in [0.15, 0.2) is 29.2 Å². The Kier molecular flexibility index (Phi) is 5.74. The van der Waals surface area contributed by atoms with E-state index in [2.05, 4.69) is 10.3 Å². The molecule has 8 heteroatoms. The number of hydrogen-bond donors (Lipinski definition) is 1. The maximum absolute atomic E-state index is 12.4. The SMILES string of the molecule is CCN(CC)S(=O)(=O)c1ccc(C(=O)Nc2nc(C)c(C)s2)cc1. The molecule has 0 aliphatic carbocycles. The van der Waals surface area contributed by atoms with E-state index in [0.29, 0.717) is 23.8 Å². The standard InChI is InChI=1S/C16H21N3O3S2/c1-5-19(6-2)24(21,22)14-9-7-13(8-10-14)15(20)18-16-17-11(3)12(4)23-16/h7-10H,5-6H2,1-4H3,(H,17,18,20). The minimum atomic E-state index is -3.51. The number of hydrogen-bond acceptors (Lipinski definition) is 5. The van der Waals surface area contributed by atoms with E-state index in [1.165, 1.54) is 39.9 Å². The van der Waals surface area contributed by atoms with Crippen molar-refractivity contribution in [2.45, 2.75) is 32.6 Å². The molecule has 0 saturated carbocycles. The number of benzene rings is 1. The average molecular weight is 367 g/mol. The maximum Gasteiger partial charge on any atom is 0.257 e. The zero-order chi connectivity index (χ0) is 17.9. The molecule has 1 heterocycles. The topological polar surface area (TPSA) is 79.4 Å². The van der Waals surface area contributed by atoms with Crippen molar-refractivity contribution < 1.29 is 13.2 Å². The Morgan fingerprint density at radius 2 is 1.75 bits per heavy atom. The summed E-state index contributed by atoms with van der Waals surface area (Å²) in [4.78, 5) is 17.7. The molecule has 0 aliphatic heterocycles. The first-order valence-electron chi connectivity index (χ1n) is 7.65. The third-order valence-electron chi connectivity index (χ3n) is 3.71. The summed E-state index contributed by atoms with van der Waals surface area (Å²) in [5, 5.41) is 3.27. The van der Waals surface area contributed by atoms with Crippen LogP contribution in [0.25, 0.3) is 0 Å². The highest BCUT2D eigenvalue weighted by atomic mass is 32.2. The number of carbonyl (C=O) groups is 1. The highest BCUT2D eigenvalue weighted by Crippen LogP contribution is 2.22. The highest BCUT2D eigenvalue weighted by Gasteiger charge is 2.21. The molecule has 24 heavy (non-hydrogen) atoms. The van der Waals surface area contributed by atoms with Crippen LogP contribution in [-0.4, -0.2) is 36.7 Å². The van der Waals surface area contributed by atoms with Crippen molar-refractivity contribution in [1.82, 2.24) is 9.29 Å². The molecule has 2 rings (SSSR count). The predicted molar refractivity (Wildman–Crippen MR) is 96.1 cm³/mol. The van der Waals surface area contributed by atoms with E-state index in [0.717, 1.165) is 10.6 Å². The molecule has 1 amide bonds. The average Bonchev–Trinajstić information content (AvgIpc) is 2.86. The molecule has 1 aromatic heterocycles. The number of nitrogens with zero attached hydrogens (tertiary/aromatic N) is 2. The molecular weight excluding hydrogens is 346 g/mol. The Bertz CT molecular complexity index is 803. The van der Waals surface area contributed by atoms with Gasteiger partial charge in [-0.3, -0.25) is 10.1 Å². The Labute approximate surface area is 146 Å². The van der Waals surface area contributed by atoms with Crippen molar-refractivity contribution >= 4 is 32.4 Å². The molecule has 0 unspecified atom stereocenters. The molecule has 1 aromatic carbocycles. The normalized spacial score (nSPS) is 11.7. The summed E-state index contributed by atoms with van der Waals surface area (Å²) in [5.74, 6) is -0.310. The smallest absolute Gasteiger partial charge is 0.257 e. The van der Waals surface area contributed by atoms with Gasteiger partial charge in [-0.2, -0.15) is 4.31 Å². The molecule has 0 aliphatic rings. The second kappa shape index (κ2) is 7.42. The van der Waals surface area contributed by atoms with Crippen LogP contribution in [-0.2, 0) is 10.0 Å². The number of amides is 1.